The van der Waals surface area contributed by atoms with Crippen LogP contribution in [0.15, 0.2) is 6.20 Å². The molecule has 0 unspecified atom stereocenters. The van der Waals surface area contributed by atoms with Crippen molar-refractivity contribution in [3.63, 3.8) is 0 Å². The van der Waals surface area contributed by atoms with Gasteiger partial charge in [-0.25, -0.2) is 14.8 Å². The van der Waals surface area contributed by atoms with E-state index < -0.39 is 5.97 Å². The first kappa shape index (κ1) is 12.6. The van der Waals surface area contributed by atoms with Crippen molar-refractivity contribution in [1.82, 2.24) is 9.97 Å². The second-order valence-electron chi connectivity index (χ2n) is 4.86. The maximum Gasteiger partial charge on any atom is 0.339 e. The van der Waals surface area contributed by atoms with Gasteiger partial charge in [0.25, 0.3) is 0 Å². The van der Waals surface area contributed by atoms with Crippen LogP contribution in [0.1, 0.15) is 56.0 Å². The van der Waals surface area contributed by atoms with Crippen molar-refractivity contribution in [1.29, 1.82) is 0 Å². The number of hydrogen-bond acceptors (Lipinski definition) is 3. The van der Waals surface area contributed by atoms with E-state index in [2.05, 4.69) is 9.97 Å². The van der Waals surface area contributed by atoms with E-state index in [1.807, 2.05) is 27.7 Å². The van der Waals surface area contributed by atoms with E-state index in [-0.39, 0.29) is 11.0 Å². The lowest BCUT2D eigenvalue weighted by Gasteiger charge is -2.17. The molecule has 0 bridgehead atoms. The highest BCUT2D eigenvalue weighted by Gasteiger charge is 2.20. The number of carbonyl (C=O) groups is 1. The number of aromatic nitrogens is 2. The average Bonchev–Trinajstić information content (AvgIpc) is 2.16. The fourth-order valence-electron chi connectivity index (χ4n) is 1.38. The Hall–Kier alpha value is -1.45. The van der Waals surface area contributed by atoms with Gasteiger partial charge in [0, 0.05) is 11.6 Å². The van der Waals surface area contributed by atoms with Crippen LogP contribution in [0, 0.1) is 0 Å². The average molecular weight is 222 g/mol. The SMILES string of the molecule is CCCc1nc(C(C)(C)C)ncc1C(=O)O. The molecule has 0 aliphatic carbocycles. The summed E-state index contributed by atoms with van der Waals surface area (Å²) < 4.78 is 0. The number of aryl methyl sites for hydroxylation is 1. The van der Waals surface area contributed by atoms with Crippen molar-refractivity contribution >= 4 is 5.97 Å². The molecule has 0 atom stereocenters. The molecule has 0 saturated carbocycles. The van der Waals surface area contributed by atoms with E-state index in [1.165, 1.54) is 6.20 Å². The van der Waals surface area contributed by atoms with Gasteiger partial charge in [0.1, 0.15) is 5.82 Å². The fourth-order valence-corrected chi connectivity index (χ4v) is 1.38. The van der Waals surface area contributed by atoms with Crippen LogP contribution in [0.5, 0.6) is 0 Å². The minimum atomic E-state index is -0.955. The second kappa shape index (κ2) is 4.60. The molecule has 1 rings (SSSR count). The summed E-state index contributed by atoms with van der Waals surface area (Å²) in [6.45, 7) is 8.04. The van der Waals surface area contributed by atoms with Crippen LogP contribution >= 0.6 is 0 Å². The molecule has 88 valence electrons. The van der Waals surface area contributed by atoms with Crippen LogP contribution in [0.4, 0.5) is 0 Å². The van der Waals surface area contributed by atoms with Gasteiger partial charge in [0.05, 0.1) is 11.3 Å². The Balaban J connectivity index is 3.22. The van der Waals surface area contributed by atoms with Gasteiger partial charge in [0.15, 0.2) is 0 Å². The molecule has 0 aromatic carbocycles. The Kier molecular flexibility index (Phi) is 3.62. The standard InChI is InChI=1S/C12H18N2O2/c1-5-6-9-8(10(15)16)7-13-11(14-9)12(2,3)4/h7H,5-6H2,1-4H3,(H,15,16). The maximum absolute atomic E-state index is 11.0. The van der Waals surface area contributed by atoms with Crippen molar-refractivity contribution in [2.24, 2.45) is 0 Å². The van der Waals surface area contributed by atoms with Crippen LogP contribution in [0.2, 0.25) is 0 Å². The van der Waals surface area contributed by atoms with Crippen LogP contribution in [0.3, 0.4) is 0 Å². The summed E-state index contributed by atoms with van der Waals surface area (Å²) in [5, 5.41) is 9.01. The molecule has 4 heteroatoms. The third kappa shape index (κ3) is 2.78. The minimum absolute atomic E-state index is 0.153. The lowest BCUT2D eigenvalue weighted by Crippen LogP contribution is -2.19. The van der Waals surface area contributed by atoms with E-state index in [0.29, 0.717) is 17.9 Å². The van der Waals surface area contributed by atoms with Crippen molar-refractivity contribution < 1.29 is 9.90 Å². The van der Waals surface area contributed by atoms with Crippen LogP contribution < -0.4 is 0 Å². The molecule has 0 aliphatic rings. The number of carboxylic acid groups (broad SMARTS) is 1. The van der Waals surface area contributed by atoms with Gasteiger partial charge in [0.2, 0.25) is 0 Å². The second-order valence-corrected chi connectivity index (χ2v) is 4.86. The van der Waals surface area contributed by atoms with Crippen LogP contribution in [-0.2, 0) is 11.8 Å². The summed E-state index contributed by atoms with van der Waals surface area (Å²) in [7, 11) is 0. The molecule has 0 fully saturated rings. The highest BCUT2D eigenvalue weighted by Crippen LogP contribution is 2.19. The lowest BCUT2D eigenvalue weighted by atomic mass is 9.95. The first-order chi connectivity index (χ1) is 7.36. The zero-order chi connectivity index (χ0) is 12.3. The monoisotopic (exact) mass is 222 g/mol. The summed E-state index contributed by atoms with van der Waals surface area (Å²) in [6, 6.07) is 0. The molecule has 0 aliphatic heterocycles. The molecule has 4 nitrogen and oxygen atoms in total. The van der Waals surface area contributed by atoms with E-state index in [0.717, 1.165) is 6.42 Å². The molecule has 0 amide bonds. The molecule has 0 spiro atoms. The van der Waals surface area contributed by atoms with Crippen molar-refractivity contribution in [2.45, 2.75) is 46.0 Å². The molecular formula is C12H18N2O2. The van der Waals surface area contributed by atoms with E-state index in [4.69, 9.17) is 5.11 Å². The van der Waals surface area contributed by atoms with Gasteiger partial charge in [-0.15, -0.1) is 0 Å². The molecule has 1 aromatic heterocycles. The van der Waals surface area contributed by atoms with E-state index in [9.17, 15) is 4.79 Å². The summed E-state index contributed by atoms with van der Waals surface area (Å²) in [6.07, 6.45) is 2.97. The third-order valence-corrected chi connectivity index (χ3v) is 2.26. The summed E-state index contributed by atoms with van der Waals surface area (Å²) >= 11 is 0. The van der Waals surface area contributed by atoms with Gasteiger partial charge in [-0.3, -0.25) is 0 Å². The Morgan fingerprint density at radius 3 is 2.50 bits per heavy atom. The zero-order valence-electron chi connectivity index (χ0n) is 10.2. The highest BCUT2D eigenvalue weighted by molar-refractivity contribution is 5.88. The number of carboxylic acids is 1. The van der Waals surface area contributed by atoms with Gasteiger partial charge < -0.3 is 5.11 Å². The minimum Gasteiger partial charge on any atom is -0.478 e. The summed E-state index contributed by atoms with van der Waals surface area (Å²) in [4.78, 5) is 19.5. The number of aromatic carboxylic acids is 1. The van der Waals surface area contributed by atoms with Crippen molar-refractivity contribution in [3.8, 4) is 0 Å². The lowest BCUT2D eigenvalue weighted by molar-refractivity contribution is 0.0694. The molecule has 0 saturated heterocycles. The van der Waals surface area contributed by atoms with E-state index in [1.54, 1.807) is 0 Å². The third-order valence-electron chi connectivity index (χ3n) is 2.26. The van der Waals surface area contributed by atoms with Gasteiger partial charge in [-0.1, -0.05) is 34.1 Å². The Morgan fingerprint density at radius 2 is 2.06 bits per heavy atom. The topological polar surface area (TPSA) is 63.1 Å². The quantitative estimate of drug-likeness (QED) is 0.853. The number of hydrogen-bond donors (Lipinski definition) is 1. The number of rotatable bonds is 3. The van der Waals surface area contributed by atoms with Gasteiger partial charge in [-0.2, -0.15) is 0 Å². The highest BCUT2D eigenvalue weighted by atomic mass is 16.4. The molecule has 1 N–H and O–H groups in total. The number of nitrogens with zero attached hydrogens (tertiary/aromatic N) is 2. The smallest absolute Gasteiger partial charge is 0.339 e. The predicted molar refractivity (Wildman–Crippen MR) is 61.7 cm³/mol. The largest absolute Gasteiger partial charge is 0.478 e. The summed E-state index contributed by atoms with van der Waals surface area (Å²) in [5.41, 5.74) is 0.698. The molecule has 16 heavy (non-hydrogen) atoms. The predicted octanol–water partition coefficient (Wildman–Crippen LogP) is 2.42. The Labute approximate surface area is 95.7 Å². The summed E-state index contributed by atoms with van der Waals surface area (Å²) in [5.74, 6) is -0.259. The first-order valence-electron chi connectivity index (χ1n) is 5.46. The zero-order valence-corrected chi connectivity index (χ0v) is 10.2. The Bertz CT molecular complexity index is 394. The molecule has 1 aromatic rings. The molecule has 0 radical (unpaired) electrons. The van der Waals surface area contributed by atoms with E-state index >= 15 is 0 Å². The molecular weight excluding hydrogens is 204 g/mol. The fraction of sp³-hybridized carbons (Fsp3) is 0.583. The Morgan fingerprint density at radius 1 is 1.44 bits per heavy atom. The van der Waals surface area contributed by atoms with Crippen molar-refractivity contribution in [3.05, 3.63) is 23.3 Å². The van der Waals surface area contributed by atoms with Crippen LogP contribution in [-0.4, -0.2) is 21.0 Å². The van der Waals surface area contributed by atoms with Gasteiger partial charge >= 0.3 is 5.97 Å². The molecule has 1 heterocycles. The van der Waals surface area contributed by atoms with Crippen molar-refractivity contribution in [2.75, 3.05) is 0 Å². The van der Waals surface area contributed by atoms with Crippen LogP contribution in [0.25, 0.3) is 0 Å². The van der Waals surface area contributed by atoms with Gasteiger partial charge in [-0.05, 0) is 6.42 Å². The first-order valence-corrected chi connectivity index (χ1v) is 5.46. The maximum atomic E-state index is 11.0. The normalized spacial score (nSPS) is 11.5.